The van der Waals surface area contributed by atoms with E-state index >= 15 is 0 Å². The summed E-state index contributed by atoms with van der Waals surface area (Å²) in [6.07, 6.45) is 0. The van der Waals surface area contributed by atoms with Crippen molar-refractivity contribution in [2.45, 2.75) is 6.92 Å². The fraction of sp³-hybridized carbons (Fsp3) is 0.0417. The number of rotatable bonds is 5. The monoisotopic (exact) mass is 428 g/mol. The number of H-pyrrole nitrogens is 1. The van der Waals surface area contributed by atoms with Crippen LogP contribution in [0.4, 0.5) is 17.1 Å². The molecule has 3 aromatic carbocycles. The molecule has 6 N–H and O–H groups in total. The third-order valence-electron chi connectivity index (χ3n) is 5.02. The van der Waals surface area contributed by atoms with Gasteiger partial charge in [-0.05, 0) is 61.5 Å². The Bertz CT molecular complexity index is 1370. The number of anilines is 2. The Balaban J connectivity index is 1.60. The number of fused-ring (bicyclic) bond motifs is 1. The van der Waals surface area contributed by atoms with E-state index in [0.29, 0.717) is 44.8 Å². The van der Waals surface area contributed by atoms with E-state index in [9.17, 15) is 19.8 Å². The van der Waals surface area contributed by atoms with E-state index in [4.69, 9.17) is 5.73 Å². The lowest BCUT2D eigenvalue weighted by Gasteiger charge is -2.08. The highest BCUT2D eigenvalue weighted by Crippen LogP contribution is 2.30. The first-order chi connectivity index (χ1) is 15.3. The Morgan fingerprint density at radius 1 is 1.00 bits per heavy atom. The van der Waals surface area contributed by atoms with Gasteiger partial charge in [0.2, 0.25) is 0 Å². The highest BCUT2D eigenvalue weighted by atomic mass is 16.4. The lowest BCUT2D eigenvalue weighted by molar-refractivity contribution is 0.0697. The van der Waals surface area contributed by atoms with Gasteiger partial charge in [0, 0.05) is 16.5 Å². The highest BCUT2D eigenvalue weighted by Gasteiger charge is 2.16. The molecule has 32 heavy (non-hydrogen) atoms. The molecule has 1 amide bonds. The lowest BCUT2D eigenvalue weighted by Crippen LogP contribution is -2.12. The number of aliphatic imine (C=N–C) groups is 1. The molecule has 8 nitrogen and oxygen atoms in total. The summed E-state index contributed by atoms with van der Waals surface area (Å²) < 4.78 is 0. The average Bonchev–Trinajstić information content (AvgIpc) is 3.10. The van der Waals surface area contributed by atoms with Gasteiger partial charge in [-0.1, -0.05) is 12.1 Å². The van der Waals surface area contributed by atoms with E-state index < -0.39 is 5.97 Å². The Kier molecular flexibility index (Phi) is 5.34. The van der Waals surface area contributed by atoms with Gasteiger partial charge in [-0.25, -0.2) is 4.79 Å². The molecule has 8 heteroatoms. The maximum absolute atomic E-state index is 12.5. The summed E-state index contributed by atoms with van der Waals surface area (Å²) in [5.41, 5.74) is 9.50. The number of aromatic hydroxyl groups is 1. The zero-order valence-corrected chi connectivity index (χ0v) is 17.1. The zero-order valence-electron chi connectivity index (χ0n) is 17.1. The fourth-order valence-corrected chi connectivity index (χ4v) is 3.42. The van der Waals surface area contributed by atoms with E-state index in [1.807, 2.05) is 0 Å². The molecule has 0 aliphatic rings. The Labute approximate surface area is 183 Å². The van der Waals surface area contributed by atoms with Crippen LogP contribution < -0.4 is 11.1 Å². The molecule has 0 aliphatic heterocycles. The maximum Gasteiger partial charge on any atom is 0.335 e. The van der Waals surface area contributed by atoms with Crippen molar-refractivity contribution in [3.63, 3.8) is 0 Å². The maximum atomic E-state index is 12.5. The summed E-state index contributed by atoms with van der Waals surface area (Å²) in [6.45, 7) is 1.72. The third-order valence-corrected chi connectivity index (χ3v) is 5.02. The van der Waals surface area contributed by atoms with E-state index in [1.165, 1.54) is 12.1 Å². The molecule has 0 atom stereocenters. The van der Waals surface area contributed by atoms with Gasteiger partial charge in [-0.3, -0.25) is 9.79 Å². The molecule has 0 saturated carbocycles. The van der Waals surface area contributed by atoms with Crippen LogP contribution in [0.2, 0.25) is 0 Å². The minimum absolute atomic E-state index is 0.0970. The van der Waals surface area contributed by atoms with E-state index in [0.717, 1.165) is 0 Å². The zero-order chi connectivity index (χ0) is 22.8. The molecule has 0 unspecified atom stereocenters. The predicted octanol–water partition coefficient (Wildman–Crippen LogP) is 4.55. The number of aromatic carboxylic acids is 1. The Morgan fingerprint density at radius 3 is 2.38 bits per heavy atom. The largest absolute Gasteiger partial charge is 0.494 e. The van der Waals surface area contributed by atoms with Crippen LogP contribution in [0.25, 0.3) is 10.9 Å². The number of carboxylic acids is 1. The molecule has 0 fully saturated rings. The normalized spacial score (nSPS) is 11.5. The second-order valence-corrected chi connectivity index (χ2v) is 7.20. The number of carboxylic acid groups (broad SMARTS) is 1. The summed E-state index contributed by atoms with van der Waals surface area (Å²) >= 11 is 0. The minimum Gasteiger partial charge on any atom is -0.494 e. The summed E-state index contributed by atoms with van der Waals surface area (Å²) in [5, 5.41) is 22.9. The lowest BCUT2D eigenvalue weighted by atomic mass is 10.1. The quantitative estimate of drug-likeness (QED) is 0.234. The fourth-order valence-electron chi connectivity index (χ4n) is 3.42. The van der Waals surface area contributed by atoms with Gasteiger partial charge in [0.1, 0.15) is 0 Å². The molecule has 4 aromatic rings. The number of para-hydroxylation sites is 2. The van der Waals surface area contributed by atoms with Gasteiger partial charge in [0.15, 0.2) is 5.88 Å². The van der Waals surface area contributed by atoms with Crippen LogP contribution >= 0.6 is 0 Å². The van der Waals surface area contributed by atoms with Crippen molar-refractivity contribution < 1.29 is 19.8 Å². The van der Waals surface area contributed by atoms with Crippen LogP contribution in [0.1, 0.15) is 33.2 Å². The molecule has 0 saturated heterocycles. The van der Waals surface area contributed by atoms with E-state index in [1.54, 1.807) is 61.5 Å². The van der Waals surface area contributed by atoms with Crippen molar-refractivity contribution in [1.82, 2.24) is 4.98 Å². The summed E-state index contributed by atoms with van der Waals surface area (Å²) in [6, 6.07) is 18.2. The van der Waals surface area contributed by atoms with Crippen LogP contribution in [-0.4, -0.2) is 32.8 Å². The van der Waals surface area contributed by atoms with Crippen LogP contribution in [0.5, 0.6) is 5.88 Å². The number of carbonyl (C=O) groups excluding carboxylic acids is 1. The van der Waals surface area contributed by atoms with Gasteiger partial charge in [0.05, 0.1) is 33.9 Å². The van der Waals surface area contributed by atoms with Crippen molar-refractivity contribution in [2.75, 3.05) is 11.1 Å². The molecule has 1 heterocycles. The second-order valence-electron chi connectivity index (χ2n) is 7.20. The van der Waals surface area contributed by atoms with Crippen molar-refractivity contribution in [3.05, 3.63) is 83.4 Å². The van der Waals surface area contributed by atoms with Gasteiger partial charge < -0.3 is 26.2 Å². The number of hydrogen-bond acceptors (Lipinski definition) is 5. The van der Waals surface area contributed by atoms with Crippen molar-refractivity contribution in [1.29, 1.82) is 0 Å². The van der Waals surface area contributed by atoms with Crippen molar-refractivity contribution in [2.24, 2.45) is 4.99 Å². The summed E-state index contributed by atoms with van der Waals surface area (Å²) in [7, 11) is 0. The van der Waals surface area contributed by atoms with E-state index in [-0.39, 0.29) is 17.4 Å². The molecular formula is C24H20N4O4. The predicted molar refractivity (Wildman–Crippen MR) is 124 cm³/mol. The molecule has 0 spiro atoms. The number of nitrogens with one attached hydrogen (secondary N) is 2. The number of carbonyl (C=O) groups is 2. The second kappa shape index (κ2) is 8.27. The minimum atomic E-state index is -1.06. The molecular weight excluding hydrogens is 408 g/mol. The van der Waals surface area contributed by atoms with Crippen LogP contribution in [0.3, 0.4) is 0 Å². The molecule has 4 rings (SSSR count). The molecule has 0 aliphatic carbocycles. The van der Waals surface area contributed by atoms with Crippen molar-refractivity contribution in [3.8, 4) is 5.88 Å². The molecule has 0 radical (unpaired) electrons. The summed E-state index contributed by atoms with van der Waals surface area (Å²) in [5.74, 6) is -1.45. The number of nitrogens with zero attached hydrogens (tertiary/aromatic N) is 1. The highest BCUT2D eigenvalue weighted by molar-refractivity contribution is 6.13. The SMILES string of the molecule is CC(=Nc1ccc(C(=O)Nc2ccccc2N)cc1)c1c(O)[nH]c2ccc(C(=O)O)cc12. The van der Waals surface area contributed by atoms with Crippen molar-refractivity contribution >= 4 is 45.6 Å². The first-order valence-electron chi connectivity index (χ1n) is 9.73. The smallest absolute Gasteiger partial charge is 0.335 e. The number of aromatic amines is 1. The number of nitrogens with two attached hydrogens (primary N) is 1. The number of hydrogen-bond donors (Lipinski definition) is 5. The average molecular weight is 428 g/mol. The standard InChI is InChI=1S/C24H20N4O4/c1-13(21-17-12-15(24(31)32)8-11-19(17)27-23(21)30)26-16-9-6-14(7-10-16)22(29)28-20-5-3-2-4-18(20)25/h2-12,27,30H,25H2,1H3,(H,28,29)(H,31,32). The van der Waals surface area contributed by atoms with Gasteiger partial charge in [-0.2, -0.15) is 0 Å². The van der Waals surface area contributed by atoms with Crippen LogP contribution in [0.15, 0.2) is 71.7 Å². The number of amides is 1. The topological polar surface area (TPSA) is 141 Å². The molecule has 0 bridgehead atoms. The number of aromatic nitrogens is 1. The van der Waals surface area contributed by atoms with Gasteiger partial charge in [0.25, 0.3) is 5.91 Å². The Hall–Kier alpha value is -4.59. The number of nitrogen functional groups attached to an aromatic ring is 1. The first-order valence-corrected chi connectivity index (χ1v) is 9.73. The third kappa shape index (κ3) is 4.01. The van der Waals surface area contributed by atoms with Crippen LogP contribution in [0, 0.1) is 0 Å². The molecule has 160 valence electrons. The molecule has 1 aromatic heterocycles. The van der Waals surface area contributed by atoms with Crippen LogP contribution in [-0.2, 0) is 0 Å². The Morgan fingerprint density at radius 2 is 1.69 bits per heavy atom. The van der Waals surface area contributed by atoms with Gasteiger partial charge in [-0.15, -0.1) is 0 Å². The number of benzene rings is 3. The van der Waals surface area contributed by atoms with E-state index in [2.05, 4.69) is 15.3 Å². The summed E-state index contributed by atoms with van der Waals surface area (Å²) in [4.78, 5) is 31.1. The van der Waals surface area contributed by atoms with Gasteiger partial charge >= 0.3 is 5.97 Å². The first kappa shape index (κ1) is 20.7.